The van der Waals surface area contributed by atoms with Crippen molar-refractivity contribution >= 4 is 6.41 Å². The Morgan fingerprint density at radius 3 is 2.47 bits per heavy atom. The highest BCUT2D eigenvalue weighted by Gasteiger charge is 2.16. The summed E-state index contributed by atoms with van der Waals surface area (Å²) in [6, 6.07) is 0. The molecule has 17 heavy (non-hydrogen) atoms. The van der Waals surface area contributed by atoms with E-state index in [-0.39, 0.29) is 0 Å². The third-order valence-corrected chi connectivity index (χ3v) is 4.10. The van der Waals surface area contributed by atoms with Gasteiger partial charge >= 0.3 is 0 Å². The number of rotatable bonds is 5. The molecule has 0 aromatic heterocycles. The van der Waals surface area contributed by atoms with Crippen LogP contribution in [0, 0.1) is 5.92 Å². The van der Waals surface area contributed by atoms with E-state index in [0.29, 0.717) is 0 Å². The highest BCUT2D eigenvalue weighted by molar-refractivity contribution is 5.47. The number of hydrogen-bond donors (Lipinski definition) is 1. The summed E-state index contributed by atoms with van der Waals surface area (Å²) < 4.78 is 0. The van der Waals surface area contributed by atoms with Crippen molar-refractivity contribution in [2.45, 2.75) is 25.7 Å². The summed E-state index contributed by atoms with van der Waals surface area (Å²) in [5, 5.41) is 3.42. The van der Waals surface area contributed by atoms with Gasteiger partial charge in [-0.05, 0) is 51.2 Å². The van der Waals surface area contributed by atoms with Gasteiger partial charge in [0, 0.05) is 26.2 Å². The normalized spacial score (nSPS) is 23.9. The molecule has 0 aliphatic carbocycles. The van der Waals surface area contributed by atoms with Gasteiger partial charge in [-0.2, -0.15) is 0 Å². The van der Waals surface area contributed by atoms with Gasteiger partial charge in [0.2, 0.25) is 6.41 Å². The quantitative estimate of drug-likeness (QED) is 0.711. The van der Waals surface area contributed by atoms with E-state index in [2.05, 4.69) is 10.2 Å². The van der Waals surface area contributed by atoms with Crippen molar-refractivity contribution in [3.8, 4) is 0 Å². The summed E-state index contributed by atoms with van der Waals surface area (Å²) in [5.41, 5.74) is 0. The molecule has 0 spiro atoms. The van der Waals surface area contributed by atoms with E-state index in [1.807, 2.05) is 4.90 Å². The van der Waals surface area contributed by atoms with Crippen LogP contribution in [0.3, 0.4) is 0 Å². The van der Waals surface area contributed by atoms with Gasteiger partial charge in [-0.15, -0.1) is 0 Å². The van der Waals surface area contributed by atoms with Gasteiger partial charge in [0.25, 0.3) is 0 Å². The number of carbonyl (C=O) groups excluding carboxylic acids is 1. The molecule has 2 aliphatic heterocycles. The Labute approximate surface area is 104 Å². The van der Waals surface area contributed by atoms with Crippen LogP contribution in [0.5, 0.6) is 0 Å². The van der Waals surface area contributed by atoms with Crippen LogP contribution >= 0.6 is 0 Å². The first-order valence-electron chi connectivity index (χ1n) is 7.01. The van der Waals surface area contributed by atoms with Crippen LogP contribution in [0.2, 0.25) is 0 Å². The summed E-state index contributed by atoms with van der Waals surface area (Å²) in [6.07, 6.45) is 6.41. The second-order valence-electron chi connectivity index (χ2n) is 5.32. The number of carbonyl (C=O) groups is 1. The van der Waals surface area contributed by atoms with Crippen LogP contribution in [-0.2, 0) is 4.79 Å². The molecule has 4 heteroatoms. The highest BCUT2D eigenvalue weighted by Crippen LogP contribution is 2.18. The molecule has 0 saturated carbocycles. The first-order chi connectivity index (χ1) is 8.38. The summed E-state index contributed by atoms with van der Waals surface area (Å²) >= 11 is 0. The third-order valence-electron chi connectivity index (χ3n) is 4.10. The fourth-order valence-corrected chi connectivity index (χ4v) is 2.87. The Morgan fingerprint density at radius 2 is 1.82 bits per heavy atom. The first kappa shape index (κ1) is 12.8. The Morgan fingerprint density at radius 1 is 1.12 bits per heavy atom. The minimum atomic E-state index is 0.914. The topological polar surface area (TPSA) is 35.6 Å². The number of piperazine rings is 1. The zero-order valence-corrected chi connectivity index (χ0v) is 10.7. The maximum absolute atomic E-state index is 10.6. The number of piperidine rings is 1. The van der Waals surface area contributed by atoms with Crippen LogP contribution in [0.1, 0.15) is 25.7 Å². The van der Waals surface area contributed by atoms with Crippen molar-refractivity contribution in [3.05, 3.63) is 0 Å². The molecular weight excluding hydrogens is 214 g/mol. The zero-order valence-electron chi connectivity index (χ0n) is 10.7. The predicted molar refractivity (Wildman–Crippen MR) is 68.9 cm³/mol. The van der Waals surface area contributed by atoms with Crippen molar-refractivity contribution in [2.75, 3.05) is 45.8 Å². The molecule has 0 aromatic rings. The summed E-state index contributed by atoms with van der Waals surface area (Å²) in [7, 11) is 0. The van der Waals surface area contributed by atoms with Crippen LogP contribution in [0.4, 0.5) is 0 Å². The van der Waals surface area contributed by atoms with Gasteiger partial charge in [-0.3, -0.25) is 9.69 Å². The Balaban J connectivity index is 1.54. The summed E-state index contributed by atoms with van der Waals surface area (Å²) in [6.45, 7) is 7.59. The lowest BCUT2D eigenvalue weighted by Gasteiger charge is -2.33. The van der Waals surface area contributed by atoms with Gasteiger partial charge in [-0.1, -0.05) is 0 Å². The first-order valence-corrected chi connectivity index (χ1v) is 7.01. The van der Waals surface area contributed by atoms with E-state index < -0.39 is 0 Å². The van der Waals surface area contributed by atoms with Gasteiger partial charge in [0.05, 0.1) is 0 Å². The Hall–Kier alpha value is -0.610. The van der Waals surface area contributed by atoms with Gasteiger partial charge < -0.3 is 10.2 Å². The number of hydrogen-bond acceptors (Lipinski definition) is 3. The minimum Gasteiger partial charge on any atom is -0.343 e. The molecule has 0 aromatic carbocycles. The SMILES string of the molecule is O=CN1CCN(CCCC2CCNCC2)CC1. The van der Waals surface area contributed by atoms with E-state index in [0.717, 1.165) is 38.5 Å². The maximum Gasteiger partial charge on any atom is 0.209 e. The van der Waals surface area contributed by atoms with Crippen LogP contribution in [0.15, 0.2) is 0 Å². The Bertz CT molecular complexity index is 221. The fraction of sp³-hybridized carbons (Fsp3) is 0.923. The van der Waals surface area contributed by atoms with Crippen LogP contribution in [0.25, 0.3) is 0 Å². The van der Waals surface area contributed by atoms with Crippen molar-refractivity contribution in [3.63, 3.8) is 0 Å². The van der Waals surface area contributed by atoms with Crippen LogP contribution < -0.4 is 5.32 Å². The molecule has 2 aliphatic rings. The van der Waals surface area contributed by atoms with E-state index in [1.165, 1.54) is 45.3 Å². The van der Waals surface area contributed by atoms with Crippen molar-refractivity contribution < 1.29 is 4.79 Å². The molecule has 98 valence electrons. The van der Waals surface area contributed by atoms with Gasteiger partial charge in [0.15, 0.2) is 0 Å². The van der Waals surface area contributed by atoms with Crippen LogP contribution in [-0.4, -0.2) is 62.0 Å². The predicted octanol–water partition coefficient (Wildman–Crippen LogP) is 0.540. The van der Waals surface area contributed by atoms with Gasteiger partial charge in [0.1, 0.15) is 0 Å². The largest absolute Gasteiger partial charge is 0.343 e. The Kier molecular flexibility index (Phi) is 5.26. The molecule has 0 atom stereocenters. The molecule has 2 rings (SSSR count). The van der Waals surface area contributed by atoms with E-state index in [4.69, 9.17) is 0 Å². The number of nitrogens with one attached hydrogen (secondary N) is 1. The maximum atomic E-state index is 10.6. The monoisotopic (exact) mass is 239 g/mol. The van der Waals surface area contributed by atoms with E-state index >= 15 is 0 Å². The smallest absolute Gasteiger partial charge is 0.209 e. The highest BCUT2D eigenvalue weighted by atomic mass is 16.1. The molecule has 4 nitrogen and oxygen atoms in total. The average Bonchev–Trinajstić information content (AvgIpc) is 2.41. The minimum absolute atomic E-state index is 0.914. The van der Waals surface area contributed by atoms with Crippen molar-refractivity contribution in [2.24, 2.45) is 5.92 Å². The third kappa shape index (κ3) is 4.28. The van der Waals surface area contributed by atoms with E-state index in [9.17, 15) is 4.79 Å². The zero-order chi connectivity index (χ0) is 11.9. The molecule has 0 radical (unpaired) electrons. The molecule has 2 fully saturated rings. The molecule has 0 unspecified atom stereocenters. The fourth-order valence-electron chi connectivity index (χ4n) is 2.87. The molecule has 2 saturated heterocycles. The summed E-state index contributed by atoms with van der Waals surface area (Å²) in [4.78, 5) is 15.0. The van der Waals surface area contributed by atoms with Crippen molar-refractivity contribution in [1.82, 2.24) is 15.1 Å². The molecule has 0 bridgehead atoms. The number of nitrogens with zero attached hydrogens (tertiary/aromatic N) is 2. The average molecular weight is 239 g/mol. The molecule has 1 N–H and O–H groups in total. The lowest BCUT2D eigenvalue weighted by molar-refractivity contribution is -0.119. The number of amides is 1. The lowest BCUT2D eigenvalue weighted by Crippen LogP contribution is -2.45. The standard InChI is InChI=1S/C13H25N3O/c17-12-16-10-8-15(9-11-16)7-1-2-13-3-5-14-6-4-13/h12-14H,1-11H2. The molecular formula is C13H25N3O. The molecule has 2 heterocycles. The lowest BCUT2D eigenvalue weighted by atomic mass is 9.93. The second kappa shape index (κ2) is 6.97. The second-order valence-corrected chi connectivity index (χ2v) is 5.32. The molecule has 1 amide bonds. The van der Waals surface area contributed by atoms with E-state index in [1.54, 1.807) is 0 Å². The van der Waals surface area contributed by atoms with Crippen molar-refractivity contribution in [1.29, 1.82) is 0 Å². The summed E-state index contributed by atoms with van der Waals surface area (Å²) in [5.74, 6) is 0.951. The van der Waals surface area contributed by atoms with Gasteiger partial charge in [-0.25, -0.2) is 0 Å².